The lowest BCUT2D eigenvalue weighted by Gasteiger charge is -2.25. The van der Waals surface area contributed by atoms with Gasteiger partial charge in [-0.1, -0.05) is 6.92 Å². The molecule has 18 heavy (non-hydrogen) atoms. The highest BCUT2D eigenvalue weighted by Crippen LogP contribution is 2.19. The summed E-state index contributed by atoms with van der Waals surface area (Å²) < 4.78 is 25.0. The monoisotopic (exact) mass is 271 g/mol. The highest BCUT2D eigenvalue weighted by Gasteiger charge is 2.31. The first-order valence-electron chi connectivity index (χ1n) is 6.34. The fourth-order valence-electron chi connectivity index (χ4n) is 2.48. The van der Waals surface area contributed by atoms with E-state index >= 15 is 0 Å². The lowest BCUT2D eigenvalue weighted by Crippen LogP contribution is -2.35. The zero-order valence-corrected chi connectivity index (χ0v) is 12.1. The molecule has 2 rings (SSSR count). The summed E-state index contributed by atoms with van der Waals surface area (Å²) in [6, 6.07) is 0.155. The Bertz CT molecular complexity index is 502. The van der Waals surface area contributed by atoms with E-state index in [-0.39, 0.29) is 6.04 Å². The number of aromatic nitrogens is 2. The van der Waals surface area contributed by atoms with E-state index in [0.717, 1.165) is 31.0 Å². The molecule has 0 aliphatic carbocycles. The average Bonchev–Trinajstić information content (AvgIpc) is 2.79. The number of hydrogen-bond donors (Lipinski definition) is 0. The number of nitrogens with zero attached hydrogens (tertiary/aromatic N) is 3. The average molecular weight is 271 g/mol. The van der Waals surface area contributed by atoms with Crippen molar-refractivity contribution in [3.63, 3.8) is 0 Å². The summed E-state index contributed by atoms with van der Waals surface area (Å²) >= 11 is 0. The molecule has 6 heteroatoms. The molecule has 1 saturated heterocycles. The van der Waals surface area contributed by atoms with E-state index in [0.29, 0.717) is 11.5 Å². The van der Waals surface area contributed by atoms with Crippen LogP contribution in [0.5, 0.6) is 0 Å². The fourth-order valence-corrected chi connectivity index (χ4v) is 4.24. The van der Waals surface area contributed by atoms with Crippen LogP contribution in [0.15, 0.2) is 6.20 Å². The van der Waals surface area contributed by atoms with Crippen LogP contribution in [0.2, 0.25) is 0 Å². The molecule has 0 N–H and O–H groups in total. The number of imidazole rings is 1. The SMILES string of the molecule is CCN(Cc1cn(C)c(C)n1)C1CCS(=O)(=O)C1. The Hall–Kier alpha value is -0.880. The van der Waals surface area contributed by atoms with E-state index in [4.69, 9.17) is 0 Å². The van der Waals surface area contributed by atoms with Crippen LogP contribution in [0.1, 0.15) is 24.9 Å². The number of sulfone groups is 1. The van der Waals surface area contributed by atoms with Gasteiger partial charge in [0.25, 0.3) is 0 Å². The van der Waals surface area contributed by atoms with Gasteiger partial charge in [0, 0.05) is 25.8 Å². The van der Waals surface area contributed by atoms with Gasteiger partial charge in [0.2, 0.25) is 0 Å². The highest BCUT2D eigenvalue weighted by atomic mass is 32.2. The Labute approximate surface area is 109 Å². The second-order valence-electron chi connectivity index (χ2n) is 5.01. The molecule has 0 spiro atoms. The first-order valence-corrected chi connectivity index (χ1v) is 8.16. The first kappa shape index (κ1) is 13.5. The zero-order valence-electron chi connectivity index (χ0n) is 11.3. The van der Waals surface area contributed by atoms with Gasteiger partial charge in [0.15, 0.2) is 9.84 Å². The molecule has 0 radical (unpaired) electrons. The summed E-state index contributed by atoms with van der Waals surface area (Å²) in [5.41, 5.74) is 1.01. The smallest absolute Gasteiger partial charge is 0.151 e. The number of aryl methyl sites for hydroxylation is 2. The maximum absolute atomic E-state index is 11.5. The van der Waals surface area contributed by atoms with Crippen molar-refractivity contribution >= 4 is 9.84 Å². The van der Waals surface area contributed by atoms with Gasteiger partial charge in [-0.05, 0) is 19.9 Å². The van der Waals surface area contributed by atoms with Crippen molar-refractivity contribution in [2.75, 3.05) is 18.1 Å². The van der Waals surface area contributed by atoms with Gasteiger partial charge in [-0.2, -0.15) is 0 Å². The summed E-state index contributed by atoms with van der Waals surface area (Å²) in [7, 11) is -0.839. The summed E-state index contributed by atoms with van der Waals surface area (Å²) in [6.45, 7) is 5.63. The van der Waals surface area contributed by atoms with Crippen LogP contribution in [-0.2, 0) is 23.4 Å². The van der Waals surface area contributed by atoms with Crippen molar-refractivity contribution in [3.05, 3.63) is 17.7 Å². The Kier molecular flexibility index (Phi) is 3.77. The molecular weight excluding hydrogens is 250 g/mol. The molecule has 1 aliphatic heterocycles. The van der Waals surface area contributed by atoms with E-state index < -0.39 is 9.84 Å². The van der Waals surface area contributed by atoms with Crippen molar-refractivity contribution in [1.29, 1.82) is 0 Å². The Balaban J connectivity index is 2.06. The van der Waals surface area contributed by atoms with E-state index in [9.17, 15) is 8.42 Å². The van der Waals surface area contributed by atoms with Crippen LogP contribution >= 0.6 is 0 Å². The molecule has 102 valence electrons. The van der Waals surface area contributed by atoms with Gasteiger partial charge in [-0.25, -0.2) is 13.4 Å². The molecule has 1 fully saturated rings. The molecule has 0 amide bonds. The summed E-state index contributed by atoms with van der Waals surface area (Å²) in [6.07, 6.45) is 2.77. The first-order chi connectivity index (χ1) is 8.41. The van der Waals surface area contributed by atoms with Crippen LogP contribution in [0.25, 0.3) is 0 Å². The number of hydrogen-bond acceptors (Lipinski definition) is 4. The molecule has 1 unspecified atom stereocenters. The maximum atomic E-state index is 11.5. The van der Waals surface area contributed by atoms with Crippen LogP contribution in [-0.4, -0.2) is 47.0 Å². The molecule has 0 aromatic carbocycles. The number of rotatable bonds is 4. The minimum atomic E-state index is -2.81. The molecule has 2 heterocycles. The van der Waals surface area contributed by atoms with Crippen molar-refractivity contribution in [1.82, 2.24) is 14.5 Å². The third-order valence-electron chi connectivity index (χ3n) is 3.65. The van der Waals surface area contributed by atoms with Crippen molar-refractivity contribution in [2.24, 2.45) is 7.05 Å². The molecule has 1 aromatic rings. The van der Waals surface area contributed by atoms with Crippen LogP contribution < -0.4 is 0 Å². The van der Waals surface area contributed by atoms with E-state index in [1.54, 1.807) is 0 Å². The molecule has 0 bridgehead atoms. The van der Waals surface area contributed by atoms with Crippen molar-refractivity contribution < 1.29 is 8.42 Å². The van der Waals surface area contributed by atoms with Gasteiger partial charge in [-0.3, -0.25) is 4.90 Å². The Morgan fingerprint density at radius 1 is 1.56 bits per heavy atom. The topological polar surface area (TPSA) is 55.2 Å². The fraction of sp³-hybridized carbons (Fsp3) is 0.750. The summed E-state index contributed by atoms with van der Waals surface area (Å²) in [5, 5.41) is 0. The quantitative estimate of drug-likeness (QED) is 0.810. The van der Waals surface area contributed by atoms with E-state index in [2.05, 4.69) is 16.8 Å². The second kappa shape index (κ2) is 5.01. The lowest BCUT2D eigenvalue weighted by atomic mass is 10.2. The van der Waals surface area contributed by atoms with Gasteiger partial charge in [0.05, 0.1) is 17.2 Å². The van der Waals surface area contributed by atoms with Crippen LogP contribution in [0.3, 0.4) is 0 Å². The molecule has 1 atom stereocenters. The van der Waals surface area contributed by atoms with Gasteiger partial charge in [0.1, 0.15) is 5.82 Å². The van der Waals surface area contributed by atoms with Crippen molar-refractivity contribution in [2.45, 2.75) is 32.9 Å². The summed E-state index contributed by atoms with van der Waals surface area (Å²) in [5.74, 6) is 1.61. The van der Waals surface area contributed by atoms with Gasteiger partial charge in [-0.15, -0.1) is 0 Å². The van der Waals surface area contributed by atoms with Crippen molar-refractivity contribution in [3.8, 4) is 0 Å². The second-order valence-corrected chi connectivity index (χ2v) is 7.24. The predicted octanol–water partition coefficient (Wildman–Crippen LogP) is 0.738. The highest BCUT2D eigenvalue weighted by molar-refractivity contribution is 7.91. The zero-order chi connectivity index (χ0) is 13.3. The Morgan fingerprint density at radius 3 is 2.72 bits per heavy atom. The molecule has 1 aliphatic rings. The lowest BCUT2D eigenvalue weighted by molar-refractivity contribution is 0.212. The Morgan fingerprint density at radius 2 is 2.28 bits per heavy atom. The molecular formula is C12H21N3O2S. The molecule has 1 aromatic heterocycles. The maximum Gasteiger partial charge on any atom is 0.151 e. The molecule has 0 saturated carbocycles. The predicted molar refractivity (Wildman–Crippen MR) is 71.1 cm³/mol. The third kappa shape index (κ3) is 2.92. The minimum Gasteiger partial charge on any atom is -0.338 e. The largest absolute Gasteiger partial charge is 0.338 e. The van der Waals surface area contributed by atoms with E-state index in [1.807, 2.05) is 24.7 Å². The molecule has 5 nitrogen and oxygen atoms in total. The summed E-state index contributed by atoms with van der Waals surface area (Å²) in [4.78, 5) is 6.69. The minimum absolute atomic E-state index is 0.155. The van der Waals surface area contributed by atoms with Crippen LogP contribution in [0.4, 0.5) is 0 Å². The standard InChI is InChI=1S/C12H21N3O2S/c1-4-15(12-5-6-18(16,17)9-12)8-11-7-14(3)10(2)13-11/h7,12H,4-6,8-9H2,1-3H3. The van der Waals surface area contributed by atoms with Gasteiger partial charge < -0.3 is 4.57 Å². The van der Waals surface area contributed by atoms with Gasteiger partial charge >= 0.3 is 0 Å². The van der Waals surface area contributed by atoms with E-state index in [1.165, 1.54) is 0 Å². The normalized spacial score (nSPS) is 22.8. The van der Waals surface area contributed by atoms with Crippen LogP contribution in [0, 0.1) is 6.92 Å². The third-order valence-corrected chi connectivity index (χ3v) is 5.40.